The molecule has 0 unspecified atom stereocenters. The van der Waals surface area contributed by atoms with Crippen molar-refractivity contribution in [1.82, 2.24) is 10.2 Å². The molecule has 0 aromatic heterocycles. The normalized spacial score (nSPS) is 13.6. The van der Waals surface area contributed by atoms with E-state index < -0.39 is 0 Å². The Balaban J connectivity index is 1.81. The van der Waals surface area contributed by atoms with Crippen LogP contribution in [-0.2, 0) is 13.1 Å². The number of halogens is 1. The fourth-order valence-electron chi connectivity index (χ4n) is 2.66. The van der Waals surface area contributed by atoms with E-state index in [0.717, 1.165) is 16.8 Å². The summed E-state index contributed by atoms with van der Waals surface area (Å²) >= 11 is 0. The van der Waals surface area contributed by atoms with Crippen LogP contribution in [0.5, 0.6) is 0 Å². The summed E-state index contributed by atoms with van der Waals surface area (Å²) in [6.45, 7) is 2.53. The lowest BCUT2D eigenvalue weighted by Crippen LogP contribution is -2.29. The lowest BCUT2D eigenvalue weighted by atomic mass is 10.1. The molecule has 4 nitrogen and oxygen atoms in total. The third-order valence-corrected chi connectivity index (χ3v) is 3.87. The zero-order chi connectivity index (χ0) is 16.8. The molecule has 0 amide bonds. The molecule has 0 aliphatic carbocycles. The van der Waals surface area contributed by atoms with Crippen molar-refractivity contribution in [3.63, 3.8) is 0 Å². The smallest absolute Gasteiger partial charge is 0.123 e. The number of nitrogens with zero attached hydrogens (tertiary/aromatic N) is 3. The van der Waals surface area contributed by atoms with E-state index in [1.54, 1.807) is 12.1 Å². The summed E-state index contributed by atoms with van der Waals surface area (Å²) in [6, 6.07) is 16.3. The summed E-state index contributed by atoms with van der Waals surface area (Å²) in [5, 5.41) is 16.4. The Hall–Kier alpha value is -2.84. The molecule has 0 saturated heterocycles. The molecular weight excluding hydrogens is 303 g/mol. The Labute approximate surface area is 141 Å². The molecule has 3 rings (SSSR count). The van der Waals surface area contributed by atoms with Gasteiger partial charge in [-0.2, -0.15) is 5.26 Å². The van der Waals surface area contributed by atoms with Gasteiger partial charge in [0.15, 0.2) is 0 Å². The summed E-state index contributed by atoms with van der Waals surface area (Å²) in [5.74, 6) is -0.230. The minimum atomic E-state index is -0.230. The average molecular weight is 321 g/mol. The van der Waals surface area contributed by atoms with Gasteiger partial charge in [-0.3, -0.25) is 0 Å². The predicted molar refractivity (Wildman–Crippen MR) is 91.1 cm³/mol. The monoisotopic (exact) mass is 321 g/mol. The minimum absolute atomic E-state index is 0.230. The highest BCUT2D eigenvalue weighted by molar-refractivity contribution is 5.32. The van der Waals surface area contributed by atoms with Gasteiger partial charge in [0.1, 0.15) is 5.82 Å². The Morgan fingerprint density at radius 1 is 1.12 bits per heavy atom. The topological polar surface area (TPSA) is 53.2 Å². The number of benzene rings is 2. The van der Waals surface area contributed by atoms with E-state index in [-0.39, 0.29) is 5.82 Å². The van der Waals surface area contributed by atoms with Crippen LogP contribution in [0.2, 0.25) is 0 Å². The first-order valence-corrected chi connectivity index (χ1v) is 7.79. The van der Waals surface area contributed by atoms with Crippen LogP contribution < -0.4 is 5.32 Å². The van der Waals surface area contributed by atoms with Gasteiger partial charge in [0, 0.05) is 25.0 Å². The molecule has 0 fully saturated rings. The van der Waals surface area contributed by atoms with E-state index in [4.69, 9.17) is 5.26 Å². The lowest BCUT2D eigenvalue weighted by molar-refractivity contribution is 0.321. The maximum Gasteiger partial charge on any atom is 0.123 e. The molecular formula is C19H18FN4-. The van der Waals surface area contributed by atoms with Crippen molar-refractivity contribution in [3.05, 3.63) is 88.3 Å². The number of rotatable bonds is 5. The molecule has 24 heavy (non-hydrogen) atoms. The van der Waals surface area contributed by atoms with Crippen molar-refractivity contribution in [1.29, 1.82) is 5.26 Å². The molecule has 2 aromatic carbocycles. The molecule has 1 aliphatic heterocycles. The quantitative estimate of drug-likeness (QED) is 0.917. The molecule has 1 aliphatic rings. The van der Waals surface area contributed by atoms with Crippen LogP contribution in [0.1, 0.15) is 16.7 Å². The molecule has 0 atom stereocenters. The first-order valence-electron chi connectivity index (χ1n) is 7.79. The van der Waals surface area contributed by atoms with Gasteiger partial charge >= 0.3 is 0 Å². The molecule has 0 radical (unpaired) electrons. The molecule has 1 N–H and O–H groups in total. The Morgan fingerprint density at radius 2 is 1.92 bits per heavy atom. The number of nitrogens with one attached hydrogen (secondary N) is 1. The van der Waals surface area contributed by atoms with Crippen LogP contribution >= 0.6 is 0 Å². The van der Waals surface area contributed by atoms with Gasteiger partial charge in [-0.1, -0.05) is 30.9 Å². The maximum absolute atomic E-state index is 13.5. The van der Waals surface area contributed by atoms with Gasteiger partial charge in [0.25, 0.3) is 0 Å². The number of nitriles is 1. The average Bonchev–Trinajstić information content (AvgIpc) is 2.63. The molecule has 5 heteroatoms. The fraction of sp³-hybridized carbons (Fsp3) is 0.211. The van der Waals surface area contributed by atoms with Gasteiger partial charge < -0.3 is 15.5 Å². The van der Waals surface area contributed by atoms with E-state index in [9.17, 15) is 4.39 Å². The van der Waals surface area contributed by atoms with Gasteiger partial charge in [0.05, 0.1) is 11.6 Å². The second kappa shape index (κ2) is 7.62. The SMILES string of the molecule is N#Cc1ccc(CN(Cc2cccc(F)c2)C2=CNC[N-]C2)cc1. The summed E-state index contributed by atoms with van der Waals surface area (Å²) in [7, 11) is 0. The van der Waals surface area contributed by atoms with E-state index in [1.165, 1.54) is 6.07 Å². The molecule has 2 aromatic rings. The predicted octanol–water partition coefficient (Wildman–Crippen LogP) is 3.48. The van der Waals surface area contributed by atoms with Crippen LogP contribution in [0.4, 0.5) is 4.39 Å². The van der Waals surface area contributed by atoms with Gasteiger partial charge in [-0.15, -0.1) is 6.54 Å². The minimum Gasteiger partial charge on any atom is -0.640 e. The van der Waals surface area contributed by atoms with Crippen molar-refractivity contribution in [2.75, 3.05) is 13.2 Å². The molecule has 122 valence electrons. The summed E-state index contributed by atoms with van der Waals surface area (Å²) < 4.78 is 13.5. The van der Waals surface area contributed by atoms with E-state index in [1.807, 2.05) is 36.5 Å². The van der Waals surface area contributed by atoms with Gasteiger partial charge in [0.2, 0.25) is 0 Å². The number of hydrogen-bond acceptors (Lipinski definition) is 3. The maximum atomic E-state index is 13.5. The molecule has 1 heterocycles. The largest absolute Gasteiger partial charge is 0.640 e. The van der Waals surface area contributed by atoms with Crippen LogP contribution in [0.15, 0.2) is 60.4 Å². The summed E-state index contributed by atoms with van der Waals surface area (Å²) in [4.78, 5) is 2.17. The third kappa shape index (κ3) is 4.12. The molecule has 0 bridgehead atoms. The Bertz CT molecular complexity index is 762. The van der Waals surface area contributed by atoms with Crippen molar-refractivity contribution in [2.45, 2.75) is 13.1 Å². The Morgan fingerprint density at radius 3 is 2.58 bits per heavy atom. The summed E-state index contributed by atoms with van der Waals surface area (Å²) in [6.07, 6.45) is 1.97. The van der Waals surface area contributed by atoms with Crippen molar-refractivity contribution in [2.24, 2.45) is 0 Å². The zero-order valence-electron chi connectivity index (χ0n) is 13.2. The second-order valence-electron chi connectivity index (χ2n) is 5.67. The zero-order valence-corrected chi connectivity index (χ0v) is 13.2. The third-order valence-electron chi connectivity index (χ3n) is 3.87. The van der Waals surface area contributed by atoms with Gasteiger partial charge in [-0.05, 0) is 35.4 Å². The molecule has 0 saturated carbocycles. The highest BCUT2D eigenvalue weighted by atomic mass is 19.1. The van der Waals surface area contributed by atoms with Crippen LogP contribution in [0.25, 0.3) is 5.32 Å². The van der Waals surface area contributed by atoms with Crippen molar-refractivity contribution < 1.29 is 4.39 Å². The van der Waals surface area contributed by atoms with Crippen molar-refractivity contribution >= 4 is 0 Å². The first-order chi connectivity index (χ1) is 11.7. The summed E-state index contributed by atoms with van der Waals surface area (Å²) in [5.41, 5.74) is 3.71. The standard InChI is InChI=1S/C19H18FN4/c20-18-3-1-2-17(8-18)13-24(19-10-22-14-23-11-19)12-16-6-4-15(9-21)5-7-16/h1-8,10,22H,11-14H2/q-1. The molecule has 0 spiro atoms. The lowest BCUT2D eigenvalue weighted by Gasteiger charge is -2.36. The number of hydrogen-bond donors (Lipinski definition) is 1. The van der Waals surface area contributed by atoms with Crippen LogP contribution in [0, 0.1) is 17.1 Å². The first kappa shape index (κ1) is 16.0. The second-order valence-corrected chi connectivity index (χ2v) is 5.67. The highest BCUT2D eigenvalue weighted by Gasteiger charge is 2.11. The van der Waals surface area contributed by atoms with Crippen molar-refractivity contribution in [3.8, 4) is 6.07 Å². The van der Waals surface area contributed by atoms with E-state index in [0.29, 0.717) is 31.9 Å². The van der Waals surface area contributed by atoms with Crippen LogP contribution in [0.3, 0.4) is 0 Å². The van der Waals surface area contributed by atoms with Crippen LogP contribution in [-0.4, -0.2) is 18.1 Å². The highest BCUT2D eigenvalue weighted by Crippen LogP contribution is 2.19. The van der Waals surface area contributed by atoms with Gasteiger partial charge in [-0.25, -0.2) is 4.39 Å². The van der Waals surface area contributed by atoms with E-state index >= 15 is 0 Å². The fourth-order valence-corrected chi connectivity index (χ4v) is 2.66. The van der Waals surface area contributed by atoms with E-state index in [2.05, 4.69) is 21.6 Å². The Kier molecular flexibility index (Phi) is 5.09.